The van der Waals surface area contributed by atoms with Gasteiger partial charge < -0.3 is 4.52 Å². The summed E-state index contributed by atoms with van der Waals surface area (Å²) in [5.41, 5.74) is 0.353. The maximum Gasteiger partial charge on any atom is 0.270 e. The van der Waals surface area contributed by atoms with E-state index in [2.05, 4.69) is 10.1 Å². The van der Waals surface area contributed by atoms with E-state index in [-0.39, 0.29) is 23.0 Å². The summed E-state index contributed by atoms with van der Waals surface area (Å²) in [6, 6.07) is 11.6. The first kappa shape index (κ1) is 19.0. The quantitative estimate of drug-likeness (QED) is 0.454. The van der Waals surface area contributed by atoms with Gasteiger partial charge in [0.1, 0.15) is 0 Å². The first-order valence-corrected chi connectivity index (χ1v) is 9.38. The van der Waals surface area contributed by atoms with Gasteiger partial charge in [-0.25, -0.2) is 8.42 Å². The molecule has 3 aromatic rings. The largest absolute Gasteiger partial charge is 0.338 e. The van der Waals surface area contributed by atoms with Gasteiger partial charge in [0.05, 0.1) is 16.4 Å². The number of rotatable bonds is 6. The van der Waals surface area contributed by atoms with E-state index in [0.717, 1.165) is 10.4 Å². The van der Waals surface area contributed by atoms with E-state index < -0.39 is 14.9 Å². The molecule has 11 heteroatoms. The van der Waals surface area contributed by atoms with E-state index in [1.54, 1.807) is 24.3 Å². The van der Waals surface area contributed by atoms with Crippen LogP contribution >= 0.6 is 11.6 Å². The van der Waals surface area contributed by atoms with Crippen LogP contribution in [0.2, 0.25) is 5.02 Å². The van der Waals surface area contributed by atoms with Crippen LogP contribution in [0.25, 0.3) is 11.4 Å². The number of nitro groups is 1. The third-order valence-electron chi connectivity index (χ3n) is 3.67. The van der Waals surface area contributed by atoms with Gasteiger partial charge in [0.2, 0.25) is 21.7 Å². The number of nitrogens with zero attached hydrogens (tertiary/aromatic N) is 4. The van der Waals surface area contributed by atoms with Crippen LogP contribution in [0.4, 0.5) is 5.69 Å². The Bertz CT molecular complexity index is 1080. The molecule has 9 nitrogen and oxygen atoms in total. The SMILES string of the molecule is CN(Cc1nc(-c2ccc(Cl)cc2)no1)S(=O)(=O)c1cccc([N+](=O)[O-])c1. The van der Waals surface area contributed by atoms with Crippen LogP contribution < -0.4 is 0 Å². The van der Waals surface area contributed by atoms with Crippen molar-refractivity contribution in [1.29, 1.82) is 0 Å². The number of hydrogen-bond acceptors (Lipinski definition) is 7. The van der Waals surface area contributed by atoms with Gasteiger partial charge >= 0.3 is 0 Å². The molecule has 0 aliphatic rings. The van der Waals surface area contributed by atoms with Gasteiger partial charge in [-0.1, -0.05) is 22.8 Å². The molecule has 27 heavy (non-hydrogen) atoms. The molecule has 0 atom stereocenters. The number of sulfonamides is 1. The van der Waals surface area contributed by atoms with Crippen LogP contribution in [0, 0.1) is 10.1 Å². The fourth-order valence-corrected chi connectivity index (χ4v) is 3.53. The molecule has 140 valence electrons. The second-order valence-corrected chi connectivity index (χ2v) is 8.02. The number of hydrogen-bond donors (Lipinski definition) is 0. The molecule has 0 spiro atoms. The highest BCUT2D eigenvalue weighted by atomic mass is 35.5. The van der Waals surface area contributed by atoms with Gasteiger partial charge in [-0.2, -0.15) is 9.29 Å². The van der Waals surface area contributed by atoms with Gasteiger partial charge in [-0.05, 0) is 30.3 Å². The zero-order valence-corrected chi connectivity index (χ0v) is 15.5. The van der Waals surface area contributed by atoms with Crippen molar-refractivity contribution in [3.8, 4) is 11.4 Å². The highest BCUT2D eigenvalue weighted by molar-refractivity contribution is 7.89. The summed E-state index contributed by atoms with van der Waals surface area (Å²) in [6.07, 6.45) is 0. The van der Waals surface area contributed by atoms with Crippen molar-refractivity contribution in [1.82, 2.24) is 14.4 Å². The Morgan fingerprint density at radius 1 is 1.22 bits per heavy atom. The van der Waals surface area contributed by atoms with Crippen LogP contribution in [0.3, 0.4) is 0 Å². The fraction of sp³-hybridized carbons (Fsp3) is 0.125. The van der Waals surface area contributed by atoms with Crippen molar-refractivity contribution >= 4 is 27.3 Å². The van der Waals surface area contributed by atoms with E-state index in [4.69, 9.17) is 16.1 Å². The van der Waals surface area contributed by atoms with Crippen molar-refractivity contribution in [2.75, 3.05) is 7.05 Å². The Hall–Kier alpha value is -2.82. The van der Waals surface area contributed by atoms with Gasteiger partial charge in [-0.3, -0.25) is 10.1 Å². The Morgan fingerprint density at radius 3 is 2.59 bits per heavy atom. The lowest BCUT2D eigenvalue weighted by Gasteiger charge is -2.14. The minimum atomic E-state index is -3.97. The molecule has 0 radical (unpaired) electrons. The number of non-ortho nitro benzene ring substituents is 1. The molecule has 0 aliphatic heterocycles. The van der Waals surface area contributed by atoms with Crippen molar-refractivity contribution in [2.24, 2.45) is 0 Å². The van der Waals surface area contributed by atoms with Crippen LogP contribution in [0.15, 0.2) is 57.9 Å². The Labute approximate surface area is 159 Å². The molecule has 1 aromatic heterocycles. The average molecular weight is 409 g/mol. The van der Waals surface area contributed by atoms with Gasteiger partial charge in [0.15, 0.2) is 0 Å². The second kappa shape index (κ2) is 7.43. The maximum atomic E-state index is 12.6. The normalized spacial score (nSPS) is 11.7. The summed E-state index contributed by atoms with van der Waals surface area (Å²) in [4.78, 5) is 14.2. The molecule has 0 saturated heterocycles. The molecule has 1 heterocycles. The molecular formula is C16H13ClN4O5S. The lowest BCUT2D eigenvalue weighted by molar-refractivity contribution is -0.385. The van der Waals surface area contributed by atoms with E-state index in [1.165, 1.54) is 25.2 Å². The standard InChI is InChI=1S/C16H13ClN4O5S/c1-20(27(24,25)14-4-2-3-13(9-14)21(22)23)10-15-18-16(19-26-15)11-5-7-12(17)8-6-11/h2-9H,10H2,1H3. The molecular weight excluding hydrogens is 396 g/mol. The van der Waals surface area contributed by atoms with E-state index in [9.17, 15) is 18.5 Å². The third kappa shape index (κ3) is 4.13. The van der Waals surface area contributed by atoms with E-state index >= 15 is 0 Å². The third-order valence-corrected chi connectivity index (χ3v) is 5.72. The molecule has 0 saturated carbocycles. The van der Waals surface area contributed by atoms with Gasteiger partial charge in [-0.15, -0.1) is 0 Å². The Kier molecular flexibility index (Phi) is 5.22. The van der Waals surface area contributed by atoms with Gasteiger partial charge in [0.25, 0.3) is 5.69 Å². The minimum absolute atomic E-state index is 0.0801. The van der Waals surface area contributed by atoms with Gasteiger partial charge in [0, 0.05) is 29.8 Å². The van der Waals surface area contributed by atoms with Crippen LogP contribution in [0.1, 0.15) is 5.89 Å². The summed E-state index contributed by atoms with van der Waals surface area (Å²) in [6.45, 7) is -0.189. The van der Waals surface area contributed by atoms with E-state index in [1.807, 2.05) is 0 Å². The zero-order valence-electron chi connectivity index (χ0n) is 13.9. The van der Waals surface area contributed by atoms with E-state index in [0.29, 0.717) is 16.4 Å². The molecule has 0 N–H and O–H groups in total. The summed E-state index contributed by atoms with van der Waals surface area (Å²) >= 11 is 5.83. The second-order valence-electron chi connectivity index (χ2n) is 5.53. The van der Waals surface area contributed by atoms with Crippen LogP contribution in [-0.2, 0) is 16.6 Å². The predicted octanol–water partition coefficient (Wildman–Crippen LogP) is 3.12. The number of nitro benzene ring substituents is 1. The molecule has 0 unspecified atom stereocenters. The van der Waals surface area contributed by atoms with Crippen molar-refractivity contribution in [3.05, 3.63) is 69.6 Å². The summed E-state index contributed by atoms with van der Waals surface area (Å²) < 4.78 is 31.3. The smallest absolute Gasteiger partial charge is 0.270 e. The molecule has 3 rings (SSSR count). The lowest BCUT2D eigenvalue weighted by Crippen LogP contribution is -2.26. The Balaban J connectivity index is 1.80. The number of halogens is 1. The number of aromatic nitrogens is 2. The zero-order chi connectivity index (χ0) is 19.6. The average Bonchev–Trinajstić information content (AvgIpc) is 3.10. The summed E-state index contributed by atoms with van der Waals surface area (Å²) in [7, 11) is -2.65. The van der Waals surface area contributed by atoms with Crippen LogP contribution in [-0.4, -0.2) is 34.8 Å². The molecule has 0 aliphatic carbocycles. The summed E-state index contributed by atoms with van der Waals surface area (Å²) in [5.74, 6) is 0.374. The highest BCUT2D eigenvalue weighted by Gasteiger charge is 2.25. The minimum Gasteiger partial charge on any atom is -0.338 e. The first-order chi connectivity index (χ1) is 12.8. The monoisotopic (exact) mass is 408 g/mol. The van der Waals surface area contributed by atoms with Crippen molar-refractivity contribution < 1.29 is 17.9 Å². The molecule has 2 aromatic carbocycles. The molecule has 0 fully saturated rings. The van der Waals surface area contributed by atoms with Crippen molar-refractivity contribution in [3.63, 3.8) is 0 Å². The predicted molar refractivity (Wildman–Crippen MR) is 96.5 cm³/mol. The first-order valence-electron chi connectivity index (χ1n) is 7.57. The van der Waals surface area contributed by atoms with Crippen LogP contribution in [0.5, 0.6) is 0 Å². The molecule has 0 amide bonds. The molecule has 0 bridgehead atoms. The highest BCUT2D eigenvalue weighted by Crippen LogP contribution is 2.22. The maximum absolute atomic E-state index is 12.6. The van der Waals surface area contributed by atoms with Crippen molar-refractivity contribution in [2.45, 2.75) is 11.4 Å². The summed E-state index contributed by atoms with van der Waals surface area (Å²) in [5, 5.41) is 15.2. The number of benzene rings is 2. The fourth-order valence-electron chi connectivity index (χ4n) is 2.25. The Morgan fingerprint density at radius 2 is 1.93 bits per heavy atom. The lowest BCUT2D eigenvalue weighted by atomic mass is 10.2. The topological polar surface area (TPSA) is 119 Å².